The minimum Gasteiger partial charge on any atom is -0.465 e. The maximum atomic E-state index is 12.8. The molecule has 0 saturated carbocycles. The molecule has 0 unspecified atom stereocenters. The lowest BCUT2D eigenvalue weighted by atomic mass is 9.78. The molecule has 0 aliphatic carbocycles. The van der Waals surface area contributed by atoms with Crippen LogP contribution in [0.5, 0.6) is 0 Å². The average molecular weight is 402 g/mol. The van der Waals surface area contributed by atoms with Gasteiger partial charge in [0, 0.05) is 23.9 Å². The maximum Gasteiger partial charge on any atom is 0.494 e. The molecule has 0 bridgehead atoms. The van der Waals surface area contributed by atoms with Crippen molar-refractivity contribution in [2.75, 3.05) is 6.54 Å². The van der Waals surface area contributed by atoms with Gasteiger partial charge in [-0.25, -0.2) is 4.79 Å². The van der Waals surface area contributed by atoms with E-state index < -0.39 is 42.7 Å². The molecule has 1 amide bonds. The van der Waals surface area contributed by atoms with Crippen LogP contribution in [-0.2, 0) is 15.7 Å². The Morgan fingerprint density at radius 2 is 1.75 bits per heavy atom. The fourth-order valence-corrected chi connectivity index (χ4v) is 2.98. The summed E-state index contributed by atoms with van der Waals surface area (Å²) in [4.78, 5) is 16.0. The molecule has 0 aromatic carbocycles. The summed E-state index contributed by atoms with van der Waals surface area (Å²) >= 11 is 0. The van der Waals surface area contributed by atoms with Crippen LogP contribution < -0.4 is 5.46 Å². The number of carbonyl (C=O) groups is 1. The fourth-order valence-electron chi connectivity index (χ4n) is 2.98. The quantitative estimate of drug-likeness (QED) is 0.766. The molecule has 28 heavy (non-hydrogen) atoms. The van der Waals surface area contributed by atoms with Gasteiger partial charge >= 0.3 is 19.4 Å². The summed E-state index contributed by atoms with van der Waals surface area (Å²) in [5.41, 5.74) is -1.26. The van der Waals surface area contributed by atoms with Crippen LogP contribution in [0, 0.1) is 0 Å². The van der Waals surface area contributed by atoms with Gasteiger partial charge in [0.15, 0.2) is 0 Å². The minimum absolute atomic E-state index is 0.00270. The lowest BCUT2D eigenvalue weighted by Crippen LogP contribution is -2.52. The van der Waals surface area contributed by atoms with Crippen molar-refractivity contribution in [3.63, 3.8) is 0 Å². The van der Waals surface area contributed by atoms with Crippen LogP contribution in [0.1, 0.15) is 47.2 Å². The third-order valence-corrected chi connectivity index (χ3v) is 5.28. The van der Waals surface area contributed by atoms with Gasteiger partial charge in [0.25, 0.3) is 0 Å². The molecule has 2 heterocycles. The highest BCUT2D eigenvalue weighted by Gasteiger charge is 2.51. The van der Waals surface area contributed by atoms with Crippen molar-refractivity contribution in [1.29, 1.82) is 0 Å². The molecule has 2 rings (SSSR count). The van der Waals surface area contributed by atoms with Gasteiger partial charge in [-0.15, -0.1) is 0 Å². The first-order valence-corrected chi connectivity index (χ1v) is 8.92. The van der Waals surface area contributed by atoms with Crippen LogP contribution in [0.25, 0.3) is 0 Å². The molecule has 6 nitrogen and oxygen atoms in total. The van der Waals surface area contributed by atoms with Crippen molar-refractivity contribution >= 4 is 18.7 Å². The number of aromatic nitrogens is 1. The van der Waals surface area contributed by atoms with Gasteiger partial charge in [0.1, 0.15) is 6.54 Å². The normalized spacial score (nSPS) is 19.0. The summed E-state index contributed by atoms with van der Waals surface area (Å²) < 4.78 is 50.4. The van der Waals surface area contributed by atoms with E-state index in [9.17, 15) is 23.1 Å². The molecule has 1 fully saturated rings. The second kappa shape index (κ2) is 7.22. The van der Waals surface area contributed by atoms with Gasteiger partial charge in [-0.1, -0.05) is 0 Å². The number of alkyl halides is 3. The molecular weight excluding hydrogens is 376 g/mol. The predicted octanol–water partition coefficient (Wildman–Crippen LogP) is 3.24. The van der Waals surface area contributed by atoms with Crippen LogP contribution in [0.3, 0.4) is 0 Å². The summed E-state index contributed by atoms with van der Waals surface area (Å²) in [7, 11) is -0.638. The van der Waals surface area contributed by atoms with Gasteiger partial charge in [0.05, 0.1) is 11.2 Å². The van der Waals surface area contributed by atoms with Crippen molar-refractivity contribution in [3.05, 3.63) is 24.0 Å². The molecule has 1 aromatic heterocycles. The molecule has 1 aliphatic rings. The fraction of sp³-hybridized carbons (Fsp3) is 0.667. The Morgan fingerprint density at radius 3 is 2.21 bits per heavy atom. The number of pyridine rings is 1. The predicted molar refractivity (Wildman–Crippen MR) is 98.5 cm³/mol. The molecule has 1 N–H and O–H groups in total. The molecule has 156 valence electrons. The standard InChI is InChI=1S/C18H26BF3N2O4/c1-15(2,24(14(25)26)11-18(20,21)22)10-13-9-12(7-8-23-13)19-27-16(3,4)17(5,6)28-19/h7-9H,10-11H2,1-6H3,(H,25,26). The van der Waals surface area contributed by atoms with Crippen molar-refractivity contribution in [1.82, 2.24) is 9.88 Å². The summed E-state index contributed by atoms with van der Waals surface area (Å²) in [6.07, 6.45) is -4.75. The number of nitrogens with zero attached hydrogens (tertiary/aromatic N) is 2. The monoisotopic (exact) mass is 402 g/mol. The first kappa shape index (κ1) is 22.5. The molecular formula is C18H26BF3N2O4. The largest absolute Gasteiger partial charge is 0.494 e. The number of rotatable bonds is 5. The number of halogens is 3. The van der Waals surface area contributed by atoms with E-state index in [4.69, 9.17) is 9.31 Å². The molecule has 10 heteroatoms. The molecule has 1 aromatic rings. The van der Waals surface area contributed by atoms with Crippen molar-refractivity contribution in [2.24, 2.45) is 0 Å². The highest BCUT2D eigenvalue weighted by atomic mass is 19.4. The topological polar surface area (TPSA) is 71.9 Å². The SMILES string of the molecule is CC(C)(Cc1cc(B2OC(C)(C)C(C)(C)O2)ccn1)N(CC(F)(F)F)C(=O)O. The molecule has 0 atom stereocenters. The van der Waals surface area contributed by atoms with E-state index >= 15 is 0 Å². The van der Waals surface area contributed by atoms with Crippen LogP contribution in [-0.4, -0.2) is 57.7 Å². The zero-order valence-corrected chi connectivity index (χ0v) is 16.9. The van der Waals surface area contributed by atoms with E-state index in [1.807, 2.05) is 27.7 Å². The molecule has 1 aliphatic heterocycles. The maximum absolute atomic E-state index is 12.8. The highest BCUT2D eigenvalue weighted by molar-refractivity contribution is 6.62. The summed E-state index contributed by atoms with van der Waals surface area (Å²) in [6, 6.07) is 3.39. The number of carboxylic acid groups (broad SMARTS) is 1. The Labute approximate surface area is 163 Å². The van der Waals surface area contributed by atoms with E-state index in [0.29, 0.717) is 16.1 Å². The second-order valence-electron chi connectivity index (χ2n) is 8.64. The van der Waals surface area contributed by atoms with Crippen LogP contribution in [0.15, 0.2) is 18.3 Å². The molecule has 0 radical (unpaired) electrons. The van der Waals surface area contributed by atoms with Crippen molar-refractivity contribution in [2.45, 2.75) is 70.9 Å². The number of amides is 1. The lowest BCUT2D eigenvalue weighted by Gasteiger charge is -2.36. The molecule has 1 saturated heterocycles. The highest BCUT2D eigenvalue weighted by Crippen LogP contribution is 2.36. The smallest absolute Gasteiger partial charge is 0.465 e. The third-order valence-electron chi connectivity index (χ3n) is 5.28. The van der Waals surface area contributed by atoms with Gasteiger partial charge in [-0.05, 0) is 59.1 Å². The zero-order chi connectivity index (χ0) is 21.5. The summed E-state index contributed by atoms with van der Waals surface area (Å²) in [5, 5.41) is 9.26. The van der Waals surface area contributed by atoms with Gasteiger partial charge in [0.2, 0.25) is 0 Å². The minimum atomic E-state index is -4.63. The lowest BCUT2D eigenvalue weighted by molar-refractivity contribution is -0.151. The first-order valence-electron chi connectivity index (χ1n) is 8.92. The van der Waals surface area contributed by atoms with Crippen molar-refractivity contribution in [3.8, 4) is 0 Å². The van der Waals surface area contributed by atoms with Gasteiger partial charge in [-0.3, -0.25) is 9.88 Å². The van der Waals surface area contributed by atoms with E-state index in [1.165, 1.54) is 20.0 Å². The first-order chi connectivity index (χ1) is 12.5. The Balaban J connectivity index is 2.23. The molecule has 0 spiro atoms. The second-order valence-corrected chi connectivity index (χ2v) is 8.64. The Morgan fingerprint density at radius 1 is 1.21 bits per heavy atom. The van der Waals surface area contributed by atoms with E-state index in [0.717, 1.165) is 0 Å². The van der Waals surface area contributed by atoms with Crippen molar-refractivity contribution < 1.29 is 32.4 Å². The van der Waals surface area contributed by atoms with E-state index in [2.05, 4.69) is 4.98 Å². The average Bonchev–Trinajstić information content (AvgIpc) is 2.72. The van der Waals surface area contributed by atoms with E-state index in [-0.39, 0.29) is 6.42 Å². The van der Waals surface area contributed by atoms with Crippen LogP contribution in [0.2, 0.25) is 0 Å². The third kappa shape index (κ3) is 4.97. The Hall–Kier alpha value is -1.81. The summed E-state index contributed by atoms with van der Waals surface area (Å²) in [5.74, 6) is 0. The zero-order valence-electron chi connectivity index (χ0n) is 16.9. The van der Waals surface area contributed by atoms with Gasteiger partial charge in [-0.2, -0.15) is 13.2 Å². The Bertz CT molecular complexity index is 722. The van der Waals surface area contributed by atoms with Crippen LogP contribution >= 0.6 is 0 Å². The Kier molecular flexibility index (Phi) is 5.80. The van der Waals surface area contributed by atoms with Crippen LogP contribution in [0.4, 0.5) is 18.0 Å². The summed E-state index contributed by atoms with van der Waals surface area (Å²) in [6.45, 7) is 9.00. The van der Waals surface area contributed by atoms with Gasteiger partial charge < -0.3 is 14.4 Å². The number of hydrogen-bond donors (Lipinski definition) is 1. The van der Waals surface area contributed by atoms with E-state index in [1.54, 1.807) is 12.1 Å². The number of hydrogen-bond acceptors (Lipinski definition) is 4.